The molecule has 0 saturated heterocycles. The van der Waals surface area contributed by atoms with Crippen LogP contribution in [0.1, 0.15) is 303 Å². The van der Waals surface area contributed by atoms with Crippen molar-refractivity contribution in [2.24, 2.45) is 0 Å². The summed E-state index contributed by atoms with van der Waals surface area (Å²) in [4.78, 5) is 37.2. The van der Waals surface area contributed by atoms with E-state index in [1.54, 1.807) is 0 Å². The Morgan fingerprint density at radius 1 is 0.414 bits per heavy atom. The van der Waals surface area contributed by atoms with Crippen LogP contribution >= 0.6 is 0 Å². The number of carboxylic acid groups (broad SMARTS) is 1. The largest absolute Gasteiger partial charge is 0.544 e. The van der Waals surface area contributed by atoms with Gasteiger partial charge in [0.1, 0.15) is 12.6 Å². The molecule has 0 heterocycles. The van der Waals surface area contributed by atoms with Gasteiger partial charge in [-0.25, -0.2) is 0 Å². The normalized spacial score (nSPS) is 12.9. The minimum Gasteiger partial charge on any atom is -0.544 e. The standard InChI is InChI=1S/C62H117NO7/c1-6-8-10-12-14-16-18-20-22-24-26-28-30-32-34-36-38-40-42-44-46-48-50-52-60(64)69-57-58(56-68-55-54-59(62(66)67)63(3,4)5)70-61(65)53-51-49-47-45-43-41-39-37-35-33-31-29-27-25-23-21-19-17-15-13-11-9-7-2/h24-27,58-59H,6-23,28-57H2,1-5H3/b26-24-,27-25-. The van der Waals surface area contributed by atoms with Gasteiger partial charge in [-0.1, -0.05) is 244 Å². The van der Waals surface area contributed by atoms with E-state index >= 15 is 0 Å². The summed E-state index contributed by atoms with van der Waals surface area (Å²) in [5, 5.41) is 11.7. The number of likely N-dealkylation sites (N-methyl/N-ethyl adjacent to an activating group) is 1. The molecule has 2 atom stereocenters. The van der Waals surface area contributed by atoms with Gasteiger partial charge in [0.25, 0.3) is 0 Å². The molecule has 8 nitrogen and oxygen atoms in total. The second-order valence-electron chi connectivity index (χ2n) is 21.9. The summed E-state index contributed by atoms with van der Waals surface area (Å²) >= 11 is 0. The van der Waals surface area contributed by atoms with Crippen LogP contribution in [-0.2, 0) is 28.6 Å². The van der Waals surface area contributed by atoms with Gasteiger partial charge >= 0.3 is 11.9 Å². The van der Waals surface area contributed by atoms with Crippen LogP contribution in [0, 0.1) is 0 Å². The fraction of sp³-hybridized carbons (Fsp3) is 0.887. The first-order valence-electron chi connectivity index (χ1n) is 30.4. The van der Waals surface area contributed by atoms with E-state index in [9.17, 15) is 19.5 Å². The quantitative estimate of drug-likeness (QED) is 0.0259. The van der Waals surface area contributed by atoms with Crippen LogP contribution < -0.4 is 5.11 Å². The fourth-order valence-corrected chi connectivity index (χ4v) is 9.36. The molecule has 0 N–H and O–H groups in total. The predicted octanol–water partition coefficient (Wildman–Crippen LogP) is 17.0. The number of ether oxygens (including phenoxy) is 3. The van der Waals surface area contributed by atoms with E-state index in [0.29, 0.717) is 12.8 Å². The summed E-state index contributed by atoms with van der Waals surface area (Å²) < 4.78 is 17.3. The second kappa shape index (κ2) is 53.1. The van der Waals surface area contributed by atoms with Crippen LogP contribution in [0.3, 0.4) is 0 Å². The fourth-order valence-electron chi connectivity index (χ4n) is 9.36. The van der Waals surface area contributed by atoms with Crippen molar-refractivity contribution in [2.45, 2.75) is 315 Å². The molecular formula is C62H117NO7. The monoisotopic (exact) mass is 988 g/mol. The molecule has 0 rings (SSSR count). The van der Waals surface area contributed by atoms with Gasteiger partial charge in [-0.05, 0) is 64.2 Å². The van der Waals surface area contributed by atoms with Crippen molar-refractivity contribution in [2.75, 3.05) is 41.0 Å². The average molecular weight is 989 g/mol. The first kappa shape index (κ1) is 67.8. The highest BCUT2D eigenvalue weighted by atomic mass is 16.6. The number of rotatable bonds is 56. The van der Waals surface area contributed by atoms with Crippen molar-refractivity contribution < 1.29 is 38.2 Å². The summed E-state index contributed by atoms with van der Waals surface area (Å²) in [6, 6.07) is -0.725. The van der Waals surface area contributed by atoms with Gasteiger partial charge in [-0.15, -0.1) is 0 Å². The molecule has 0 aromatic carbocycles. The van der Waals surface area contributed by atoms with Crippen molar-refractivity contribution in [3.8, 4) is 0 Å². The van der Waals surface area contributed by atoms with E-state index in [2.05, 4.69) is 38.2 Å². The third kappa shape index (κ3) is 50.7. The highest BCUT2D eigenvalue weighted by Crippen LogP contribution is 2.17. The third-order valence-corrected chi connectivity index (χ3v) is 14.1. The molecule has 8 heteroatoms. The molecule has 0 spiro atoms. The Hall–Kier alpha value is -2.19. The summed E-state index contributed by atoms with van der Waals surface area (Å²) in [6.07, 6.45) is 63.7. The Labute approximate surface area is 434 Å². The van der Waals surface area contributed by atoms with Gasteiger partial charge in [0, 0.05) is 19.3 Å². The molecular weight excluding hydrogens is 871 g/mol. The number of carbonyl (C=O) groups excluding carboxylic acids is 3. The van der Waals surface area contributed by atoms with E-state index in [1.807, 2.05) is 21.1 Å². The Bertz CT molecular complexity index is 1200. The SMILES string of the molecule is CCCCCCCCCC/C=C\CCCCCCCCCCCCCC(=O)OCC(COCCC(C(=O)[O-])[N+](C)(C)C)OC(=O)CCCCCCCCCCCCC/C=C\CCCCCCCCCC. The molecule has 0 aliphatic carbocycles. The number of quaternary nitrogens is 1. The molecule has 0 amide bonds. The number of hydrogen-bond donors (Lipinski definition) is 0. The summed E-state index contributed by atoms with van der Waals surface area (Å²) in [7, 11) is 5.44. The number of carbonyl (C=O) groups is 3. The topological polar surface area (TPSA) is 102 Å². The van der Waals surface area contributed by atoms with Gasteiger partial charge in [0.15, 0.2) is 6.10 Å². The highest BCUT2D eigenvalue weighted by molar-refractivity contribution is 5.70. The summed E-state index contributed by atoms with van der Waals surface area (Å²) in [5.41, 5.74) is 0. The first-order valence-corrected chi connectivity index (χ1v) is 30.4. The van der Waals surface area contributed by atoms with Crippen LogP contribution in [0.25, 0.3) is 0 Å². The predicted molar refractivity (Wildman–Crippen MR) is 296 cm³/mol. The lowest BCUT2D eigenvalue weighted by Gasteiger charge is -2.34. The van der Waals surface area contributed by atoms with Gasteiger partial charge in [-0.2, -0.15) is 0 Å². The zero-order valence-electron chi connectivity index (χ0n) is 47.2. The van der Waals surface area contributed by atoms with Gasteiger partial charge < -0.3 is 28.6 Å². The van der Waals surface area contributed by atoms with Crippen molar-refractivity contribution in [1.82, 2.24) is 0 Å². The summed E-state index contributed by atoms with van der Waals surface area (Å²) in [6.45, 7) is 4.72. The Morgan fingerprint density at radius 3 is 1.03 bits per heavy atom. The number of esters is 2. The third-order valence-electron chi connectivity index (χ3n) is 14.1. The molecule has 0 aromatic rings. The number of aliphatic carboxylic acids is 1. The molecule has 412 valence electrons. The van der Waals surface area contributed by atoms with Crippen LogP contribution in [0.15, 0.2) is 24.3 Å². The lowest BCUT2D eigenvalue weighted by molar-refractivity contribution is -0.889. The van der Waals surface area contributed by atoms with E-state index in [0.717, 1.165) is 38.5 Å². The van der Waals surface area contributed by atoms with Crippen LogP contribution in [0.4, 0.5) is 0 Å². The maximum atomic E-state index is 12.8. The van der Waals surface area contributed by atoms with E-state index in [-0.39, 0.29) is 42.7 Å². The molecule has 0 saturated carbocycles. The smallest absolute Gasteiger partial charge is 0.306 e. The molecule has 0 aromatic heterocycles. The van der Waals surface area contributed by atoms with E-state index < -0.39 is 18.1 Å². The van der Waals surface area contributed by atoms with Gasteiger partial charge in [-0.3, -0.25) is 9.59 Å². The zero-order chi connectivity index (χ0) is 51.3. The van der Waals surface area contributed by atoms with Crippen molar-refractivity contribution in [1.29, 1.82) is 0 Å². The van der Waals surface area contributed by atoms with E-state index in [4.69, 9.17) is 14.2 Å². The summed E-state index contributed by atoms with van der Waals surface area (Å²) in [5.74, 6) is -1.71. The number of unbranched alkanes of at least 4 members (excludes halogenated alkanes) is 38. The Kier molecular flexibility index (Phi) is 51.5. The first-order chi connectivity index (χ1) is 34.1. The van der Waals surface area contributed by atoms with Crippen molar-refractivity contribution >= 4 is 17.9 Å². The molecule has 0 bridgehead atoms. The number of nitrogens with zero attached hydrogens (tertiary/aromatic N) is 1. The highest BCUT2D eigenvalue weighted by Gasteiger charge is 2.25. The zero-order valence-corrected chi connectivity index (χ0v) is 47.2. The maximum Gasteiger partial charge on any atom is 0.306 e. The maximum absolute atomic E-state index is 12.8. The number of allylic oxidation sites excluding steroid dienone is 4. The Morgan fingerprint density at radius 2 is 0.714 bits per heavy atom. The molecule has 0 fully saturated rings. The number of carboxylic acids is 1. The molecule has 0 aliphatic rings. The lowest BCUT2D eigenvalue weighted by atomic mass is 10.0. The Balaban J connectivity index is 4.11. The van der Waals surface area contributed by atoms with Gasteiger partial charge in [0.2, 0.25) is 0 Å². The average Bonchev–Trinajstić information content (AvgIpc) is 3.33. The van der Waals surface area contributed by atoms with Crippen molar-refractivity contribution in [3.63, 3.8) is 0 Å². The molecule has 0 aliphatic heterocycles. The lowest BCUT2D eigenvalue weighted by Crippen LogP contribution is -2.55. The minimum atomic E-state index is -1.12. The van der Waals surface area contributed by atoms with Crippen LogP contribution in [0.5, 0.6) is 0 Å². The van der Waals surface area contributed by atoms with Crippen LogP contribution in [-0.4, -0.2) is 75.5 Å². The van der Waals surface area contributed by atoms with Crippen LogP contribution in [0.2, 0.25) is 0 Å². The molecule has 70 heavy (non-hydrogen) atoms. The molecule has 0 radical (unpaired) electrons. The van der Waals surface area contributed by atoms with Crippen molar-refractivity contribution in [3.05, 3.63) is 24.3 Å². The minimum absolute atomic E-state index is 0.0448. The second-order valence-corrected chi connectivity index (χ2v) is 21.9. The van der Waals surface area contributed by atoms with Gasteiger partial charge in [0.05, 0.1) is 40.3 Å². The molecule has 2 unspecified atom stereocenters. The number of hydrogen-bond acceptors (Lipinski definition) is 7. The van der Waals surface area contributed by atoms with E-state index in [1.165, 1.54) is 231 Å².